The first-order valence-electron chi connectivity index (χ1n) is 5.80. The Labute approximate surface area is 107 Å². The summed E-state index contributed by atoms with van der Waals surface area (Å²) in [7, 11) is -2.93. The number of nitrogens with zero attached hydrogens (tertiary/aromatic N) is 1. The second kappa shape index (κ2) is 4.62. The summed E-state index contributed by atoms with van der Waals surface area (Å²) in [5, 5.41) is 8.86. The van der Waals surface area contributed by atoms with Crippen LogP contribution in [-0.2, 0) is 9.84 Å². The molecule has 0 bridgehead atoms. The zero-order valence-corrected chi connectivity index (χ0v) is 11.3. The van der Waals surface area contributed by atoms with Gasteiger partial charge in [0.1, 0.15) is 11.9 Å². The number of benzene rings is 1. The lowest BCUT2D eigenvalue weighted by Gasteiger charge is -2.16. The summed E-state index contributed by atoms with van der Waals surface area (Å²) in [4.78, 5) is 0. The van der Waals surface area contributed by atoms with Crippen molar-refractivity contribution in [2.75, 3.05) is 11.5 Å². The molecule has 1 heterocycles. The first-order valence-corrected chi connectivity index (χ1v) is 7.62. The van der Waals surface area contributed by atoms with Crippen LogP contribution in [0.15, 0.2) is 12.1 Å². The maximum absolute atomic E-state index is 11.4. The summed E-state index contributed by atoms with van der Waals surface area (Å²) in [6, 6.07) is 5.60. The average Bonchev–Trinajstić information content (AvgIpc) is 2.63. The highest BCUT2D eigenvalue weighted by molar-refractivity contribution is 7.91. The Balaban J connectivity index is 2.23. The lowest BCUT2D eigenvalue weighted by atomic mass is 10.1. The van der Waals surface area contributed by atoms with Crippen LogP contribution >= 0.6 is 0 Å². The van der Waals surface area contributed by atoms with Crippen LogP contribution in [0.3, 0.4) is 0 Å². The van der Waals surface area contributed by atoms with E-state index in [1.165, 1.54) is 0 Å². The zero-order chi connectivity index (χ0) is 13.3. The van der Waals surface area contributed by atoms with E-state index in [9.17, 15) is 8.42 Å². The molecular weight excluding hydrogens is 250 g/mol. The Bertz CT molecular complexity index is 591. The molecule has 2 rings (SSSR count). The van der Waals surface area contributed by atoms with Gasteiger partial charge in [-0.15, -0.1) is 0 Å². The molecular formula is C13H15NO3S. The first kappa shape index (κ1) is 12.9. The molecule has 1 aliphatic heterocycles. The van der Waals surface area contributed by atoms with Crippen molar-refractivity contribution in [1.82, 2.24) is 0 Å². The molecule has 0 saturated carbocycles. The minimum atomic E-state index is -2.93. The van der Waals surface area contributed by atoms with Crippen molar-refractivity contribution in [3.63, 3.8) is 0 Å². The molecule has 1 aliphatic rings. The quantitative estimate of drug-likeness (QED) is 0.817. The highest BCUT2D eigenvalue weighted by Gasteiger charge is 2.30. The fraction of sp³-hybridized carbons (Fsp3) is 0.462. The van der Waals surface area contributed by atoms with Crippen LogP contribution in [0, 0.1) is 25.2 Å². The van der Waals surface area contributed by atoms with Crippen LogP contribution in [-0.4, -0.2) is 26.0 Å². The predicted octanol–water partition coefficient (Wildman–Crippen LogP) is 1.74. The molecule has 0 amide bonds. The lowest BCUT2D eigenvalue weighted by molar-refractivity contribution is 0.226. The second-order valence-corrected chi connectivity index (χ2v) is 6.92. The molecule has 1 unspecified atom stereocenters. The molecule has 1 aromatic rings. The third kappa shape index (κ3) is 2.65. The molecule has 0 radical (unpaired) electrons. The van der Waals surface area contributed by atoms with Gasteiger partial charge in [-0.25, -0.2) is 8.42 Å². The van der Waals surface area contributed by atoms with Crippen LogP contribution in [0.2, 0.25) is 0 Å². The Morgan fingerprint density at radius 2 is 1.94 bits per heavy atom. The van der Waals surface area contributed by atoms with Crippen LogP contribution in [0.4, 0.5) is 0 Å². The van der Waals surface area contributed by atoms with Gasteiger partial charge in [-0.05, 0) is 43.5 Å². The van der Waals surface area contributed by atoms with Gasteiger partial charge in [0.05, 0.1) is 23.1 Å². The van der Waals surface area contributed by atoms with E-state index < -0.39 is 9.84 Å². The van der Waals surface area contributed by atoms with Crippen LogP contribution in [0.25, 0.3) is 0 Å². The number of hydrogen-bond acceptors (Lipinski definition) is 4. The normalized spacial score (nSPS) is 21.5. The number of aryl methyl sites for hydroxylation is 2. The molecule has 0 N–H and O–H groups in total. The molecule has 18 heavy (non-hydrogen) atoms. The number of nitriles is 1. The third-order valence-electron chi connectivity index (χ3n) is 3.06. The Morgan fingerprint density at radius 1 is 1.33 bits per heavy atom. The van der Waals surface area contributed by atoms with Crippen LogP contribution in [0.1, 0.15) is 23.1 Å². The standard InChI is InChI=1S/C13H15NO3S/c1-9-5-11(7-14)6-10(2)13(9)17-12-3-4-18(15,16)8-12/h5-6,12H,3-4,8H2,1-2H3. The van der Waals surface area contributed by atoms with E-state index in [1.807, 2.05) is 13.8 Å². The van der Waals surface area contributed by atoms with Gasteiger partial charge in [-0.2, -0.15) is 5.26 Å². The number of hydrogen-bond donors (Lipinski definition) is 0. The first-order chi connectivity index (χ1) is 8.41. The van der Waals surface area contributed by atoms with Crippen molar-refractivity contribution in [2.45, 2.75) is 26.4 Å². The molecule has 0 aromatic heterocycles. The minimum Gasteiger partial charge on any atom is -0.489 e. The van der Waals surface area contributed by atoms with Crippen molar-refractivity contribution < 1.29 is 13.2 Å². The van der Waals surface area contributed by atoms with Crippen LogP contribution < -0.4 is 4.74 Å². The molecule has 4 nitrogen and oxygen atoms in total. The van der Waals surface area contributed by atoms with E-state index in [0.29, 0.717) is 17.7 Å². The molecule has 1 saturated heterocycles. The number of sulfone groups is 1. The van der Waals surface area contributed by atoms with E-state index in [1.54, 1.807) is 12.1 Å². The van der Waals surface area contributed by atoms with Crippen molar-refractivity contribution >= 4 is 9.84 Å². The van der Waals surface area contributed by atoms with E-state index in [-0.39, 0.29) is 17.6 Å². The van der Waals surface area contributed by atoms with Crippen molar-refractivity contribution in [3.05, 3.63) is 28.8 Å². The molecule has 0 spiro atoms. The third-order valence-corrected chi connectivity index (χ3v) is 4.80. The summed E-state index contributed by atoms with van der Waals surface area (Å²) >= 11 is 0. The minimum absolute atomic E-state index is 0.0892. The second-order valence-electron chi connectivity index (χ2n) is 4.69. The van der Waals surface area contributed by atoms with Crippen molar-refractivity contribution in [3.8, 4) is 11.8 Å². The Kier molecular flexibility index (Phi) is 3.31. The predicted molar refractivity (Wildman–Crippen MR) is 68.3 cm³/mol. The summed E-state index contributed by atoms with van der Waals surface area (Å²) in [6.45, 7) is 3.74. The number of ether oxygens (including phenoxy) is 1. The monoisotopic (exact) mass is 265 g/mol. The fourth-order valence-corrected chi connectivity index (χ4v) is 3.81. The van der Waals surface area contributed by atoms with Crippen molar-refractivity contribution in [2.24, 2.45) is 0 Å². The molecule has 1 fully saturated rings. The van der Waals surface area contributed by atoms with Gasteiger partial charge in [0.2, 0.25) is 0 Å². The van der Waals surface area contributed by atoms with E-state index >= 15 is 0 Å². The molecule has 0 aliphatic carbocycles. The fourth-order valence-electron chi connectivity index (χ4n) is 2.22. The van der Waals surface area contributed by atoms with Gasteiger partial charge < -0.3 is 4.74 Å². The largest absolute Gasteiger partial charge is 0.489 e. The summed E-state index contributed by atoms with van der Waals surface area (Å²) in [6.07, 6.45) is 0.279. The van der Waals surface area contributed by atoms with Gasteiger partial charge >= 0.3 is 0 Å². The maximum Gasteiger partial charge on any atom is 0.154 e. The molecule has 5 heteroatoms. The number of rotatable bonds is 2. The summed E-state index contributed by atoms with van der Waals surface area (Å²) < 4.78 is 28.5. The van der Waals surface area contributed by atoms with E-state index in [4.69, 9.17) is 10.00 Å². The van der Waals surface area contributed by atoms with Gasteiger partial charge in [0.15, 0.2) is 9.84 Å². The maximum atomic E-state index is 11.4. The summed E-state index contributed by atoms with van der Waals surface area (Å²) in [5.41, 5.74) is 2.34. The van der Waals surface area contributed by atoms with Gasteiger partial charge in [0.25, 0.3) is 0 Å². The highest BCUT2D eigenvalue weighted by Crippen LogP contribution is 2.28. The topological polar surface area (TPSA) is 67.2 Å². The van der Waals surface area contributed by atoms with E-state index in [2.05, 4.69) is 6.07 Å². The Morgan fingerprint density at radius 3 is 2.39 bits per heavy atom. The van der Waals surface area contributed by atoms with Gasteiger partial charge in [-0.1, -0.05) is 0 Å². The zero-order valence-electron chi connectivity index (χ0n) is 10.4. The lowest BCUT2D eigenvalue weighted by Crippen LogP contribution is -2.18. The van der Waals surface area contributed by atoms with Crippen molar-refractivity contribution in [1.29, 1.82) is 5.26 Å². The molecule has 1 aromatic carbocycles. The average molecular weight is 265 g/mol. The SMILES string of the molecule is Cc1cc(C#N)cc(C)c1OC1CCS(=O)(=O)C1. The highest BCUT2D eigenvalue weighted by atomic mass is 32.2. The van der Waals surface area contributed by atoms with E-state index in [0.717, 1.165) is 11.1 Å². The Hall–Kier alpha value is -1.54. The van der Waals surface area contributed by atoms with Gasteiger partial charge in [-0.3, -0.25) is 0 Å². The summed E-state index contributed by atoms with van der Waals surface area (Å²) in [5.74, 6) is 0.994. The molecule has 96 valence electrons. The molecule has 1 atom stereocenters. The van der Waals surface area contributed by atoms with Crippen LogP contribution in [0.5, 0.6) is 5.75 Å². The smallest absolute Gasteiger partial charge is 0.154 e. The van der Waals surface area contributed by atoms with Gasteiger partial charge in [0, 0.05) is 0 Å².